The molecule has 2 aliphatic rings. The van der Waals surface area contributed by atoms with E-state index in [1.807, 2.05) is 0 Å². The second kappa shape index (κ2) is 12.1. The SMILES string of the molecule is O=C(O)/C=C\C(=O)OCCC(C1O[C@H](CO)[C@@H](O)[C@H](O)[C@H]1O)C1O[C@H](CO)[C@@H](O)[C@H](O)[C@H]1O. The summed E-state index contributed by atoms with van der Waals surface area (Å²) in [7, 11) is 0. The zero-order valence-corrected chi connectivity index (χ0v) is 17.4. The van der Waals surface area contributed by atoms with E-state index in [-0.39, 0.29) is 6.42 Å². The number of rotatable bonds is 9. The van der Waals surface area contributed by atoms with Crippen LogP contribution in [0.3, 0.4) is 0 Å². The fourth-order valence-corrected chi connectivity index (χ4v) is 3.97. The van der Waals surface area contributed by atoms with Gasteiger partial charge in [0.15, 0.2) is 0 Å². The lowest BCUT2D eigenvalue weighted by atomic mass is 9.79. The molecule has 190 valence electrons. The second-order valence-corrected chi connectivity index (χ2v) is 7.88. The second-order valence-electron chi connectivity index (χ2n) is 7.88. The average Bonchev–Trinajstić information content (AvgIpc) is 2.79. The molecule has 2 heterocycles. The molecule has 2 fully saturated rings. The van der Waals surface area contributed by atoms with E-state index in [0.29, 0.717) is 12.2 Å². The third-order valence-electron chi connectivity index (χ3n) is 5.76. The van der Waals surface area contributed by atoms with Gasteiger partial charge in [0, 0.05) is 18.1 Å². The molecule has 0 amide bonds. The first-order chi connectivity index (χ1) is 15.5. The minimum absolute atomic E-state index is 0.238. The van der Waals surface area contributed by atoms with Crippen LogP contribution in [0.1, 0.15) is 6.42 Å². The van der Waals surface area contributed by atoms with Crippen molar-refractivity contribution in [1.29, 1.82) is 0 Å². The Hall–Kier alpha value is -1.72. The highest BCUT2D eigenvalue weighted by Crippen LogP contribution is 2.35. The first kappa shape index (κ1) is 27.5. The number of aliphatic hydroxyl groups is 8. The maximum absolute atomic E-state index is 11.7. The summed E-state index contributed by atoms with van der Waals surface area (Å²) >= 11 is 0. The summed E-state index contributed by atoms with van der Waals surface area (Å²) in [6, 6.07) is 0. The zero-order valence-electron chi connectivity index (χ0n) is 17.4. The smallest absolute Gasteiger partial charge is 0.331 e. The number of hydrogen-bond donors (Lipinski definition) is 9. The van der Waals surface area contributed by atoms with Gasteiger partial charge in [-0.2, -0.15) is 0 Å². The molecular formula is C19H30O14. The number of ether oxygens (including phenoxy) is 3. The highest BCUT2D eigenvalue weighted by molar-refractivity contribution is 5.90. The first-order valence-corrected chi connectivity index (χ1v) is 10.2. The van der Waals surface area contributed by atoms with Gasteiger partial charge in [-0.25, -0.2) is 9.59 Å². The van der Waals surface area contributed by atoms with Gasteiger partial charge in [0.2, 0.25) is 0 Å². The minimum Gasteiger partial charge on any atom is -0.478 e. The maximum atomic E-state index is 11.7. The molecule has 0 aromatic heterocycles. The van der Waals surface area contributed by atoms with E-state index in [9.17, 15) is 50.4 Å². The van der Waals surface area contributed by atoms with E-state index in [1.54, 1.807) is 0 Å². The number of carboxylic acid groups (broad SMARTS) is 1. The Morgan fingerprint density at radius 1 is 0.758 bits per heavy atom. The topological polar surface area (TPSA) is 244 Å². The molecule has 2 rings (SSSR count). The number of carbonyl (C=O) groups is 2. The molecule has 0 aromatic carbocycles. The Labute approximate surface area is 187 Å². The molecule has 14 heteroatoms. The van der Waals surface area contributed by atoms with Gasteiger partial charge in [0.25, 0.3) is 0 Å². The van der Waals surface area contributed by atoms with Crippen LogP contribution in [0, 0.1) is 5.92 Å². The summed E-state index contributed by atoms with van der Waals surface area (Å²) in [6.45, 7) is -1.90. The van der Waals surface area contributed by atoms with Crippen molar-refractivity contribution in [1.82, 2.24) is 0 Å². The van der Waals surface area contributed by atoms with Gasteiger partial charge in [0.1, 0.15) is 48.8 Å². The molecule has 0 bridgehead atoms. The summed E-state index contributed by atoms with van der Waals surface area (Å²) < 4.78 is 15.9. The Kier molecular flexibility index (Phi) is 10.1. The van der Waals surface area contributed by atoms with Crippen molar-refractivity contribution in [3.05, 3.63) is 12.2 Å². The number of hydrogen-bond acceptors (Lipinski definition) is 13. The third kappa shape index (κ3) is 6.45. The van der Waals surface area contributed by atoms with Crippen LogP contribution < -0.4 is 0 Å². The maximum Gasteiger partial charge on any atom is 0.331 e. The van der Waals surface area contributed by atoms with Crippen LogP contribution in [-0.2, 0) is 23.8 Å². The zero-order chi connectivity index (χ0) is 24.9. The first-order valence-electron chi connectivity index (χ1n) is 10.2. The molecular weight excluding hydrogens is 452 g/mol. The largest absolute Gasteiger partial charge is 0.478 e. The van der Waals surface area contributed by atoms with Crippen LogP contribution in [-0.4, -0.2) is 139 Å². The van der Waals surface area contributed by atoms with Crippen molar-refractivity contribution in [3.8, 4) is 0 Å². The molecule has 0 spiro atoms. The highest BCUT2D eigenvalue weighted by Gasteiger charge is 2.53. The molecule has 0 aromatic rings. The van der Waals surface area contributed by atoms with Crippen LogP contribution in [0.5, 0.6) is 0 Å². The lowest BCUT2D eigenvalue weighted by Crippen LogP contribution is -2.66. The van der Waals surface area contributed by atoms with Gasteiger partial charge < -0.3 is 60.2 Å². The van der Waals surface area contributed by atoms with Gasteiger partial charge in [0.05, 0.1) is 32.0 Å². The lowest BCUT2D eigenvalue weighted by molar-refractivity contribution is -0.282. The van der Waals surface area contributed by atoms with Gasteiger partial charge in [-0.1, -0.05) is 0 Å². The number of aliphatic hydroxyl groups excluding tert-OH is 8. The van der Waals surface area contributed by atoms with E-state index < -0.39 is 98.7 Å². The fourth-order valence-electron chi connectivity index (χ4n) is 3.97. The highest BCUT2D eigenvalue weighted by atomic mass is 16.6. The molecule has 9 N–H and O–H groups in total. The Balaban J connectivity index is 2.27. The molecule has 0 aliphatic carbocycles. The van der Waals surface area contributed by atoms with E-state index in [2.05, 4.69) is 0 Å². The van der Waals surface area contributed by atoms with E-state index in [0.717, 1.165) is 0 Å². The fraction of sp³-hybridized carbons (Fsp3) is 0.789. The van der Waals surface area contributed by atoms with E-state index in [4.69, 9.17) is 19.3 Å². The summed E-state index contributed by atoms with van der Waals surface area (Å²) in [5.74, 6) is -3.56. The quantitative estimate of drug-likeness (QED) is 0.110. The number of carboxylic acids is 1. The van der Waals surface area contributed by atoms with Crippen LogP contribution >= 0.6 is 0 Å². The van der Waals surface area contributed by atoms with Crippen molar-refractivity contribution in [3.63, 3.8) is 0 Å². The molecule has 0 radical (unpaired) electrons. The molecule has 2 unspecified atom stereocenters. The summed E-state index contributed by atoms with van der Waals surface area (Å²) in [6.07, 6.45) is -14.9. The molecule has 2 aliphatic heterocycles. The standard InChI is InChI=1S/C19H30O14/c20-5-8-12(25)14(27)16(29)18(32-8)7(3-4-31-11(24)2-1-10(22)23)19-17(30)15(28)13(26)9(6-21)33-19/h1-2,7-9,12-21,25-30H,3-6H2,(H,22,23)/b2-1-/t7?,8-,9-,12-,13-,14+,15+,16-,17-,18?,19?/m1/s1. The number of carbonyl (C=O) groups excluding carboxylic acids is 1. The van der Waals surface area contributed by atoms with Crippen molar-refractivity contribution in [2.75, 3.05) is 19.8 Å². The predicted molar refractivity (Wildman–Crippen MR) is 103 cm³/mol. The molecule has 33 heavy (non-hydrogen) atoms. The summed E-state index contributed by atoms with van der Waals surface area (Å²) in [4.78, 5) is 22.1. The Bertz CT molecular complexity index is 645. The van der Waals surface area contributed by atoms with Gasteiger partial charge >= 0.3 is 11.9 Å². The molecule has 10 atom stereocenters. The van der Waals surface area contributed by atoms with Gasteiger partial charge in [-0.05, 0) is 6.42 Å². The van der Waals surface area contributed by atoms with Crippen LogP contribution in [0.2, 0.25) is 0 Å². The Morgan fingerprint density at radius 3 is 1.61 bits per heavy atom. The van der Waals surface area contributed by atoms with Crippen LogP contribution in [0.4, 0.5) is 0 Å². The monoisotopic (exact) mass is 482 g/mol. The predicted octanol–water partition coefficient (Wildman–Crippen LogP) is -5.14. The van der Waals surface area contributed by atoms with E-state index >= 15 is 0 Å². The van der Waals surface area contributed by atoms with Gasteiger partial charge in [-0.3, -0.25) is 0 Å². The van der Waals surface area contributed by atoms with Crippen molar-refractivity contribution >= 4 is 11.9 Å². The number of esters is 1. The van der Waals surface area contributed by atoms with Crippen LogP contribution in [0.25, 0.3) is 0 Å². The third-order valence-corrected chi connectivity index (χ3v) is 5.76. The molecule has 2 saturated heterocycles. The van der Waals surface area contributed by atoms with Crippen molar-refractivity contribution < 1.29 is 69.8 Å². The molecule has 0 saturated carbocycles. The average molecular weight is 482 g/mol. The summed E-state index contributed by atoms with van der Waals surface area (Å²) in [5, 5.41) is 88.8. The van der Waals surface area contributed by atoms with Crippen molar-refractivity contribution in [2.45, 2.75) is 67.5 Å². The van der Waals surface area contributed by atoms with Gasteiger partial charge in [-0.15, -0.1) is 0 Å². The summed E-state index contributed by atoms with van der Waals surface area (Å²) in [5.41, 5.74) is 0. The van der Waals surface area contributed by atoms with Crippen LogP contribution in [0.15, 0.2) is 12.2 Å². The van der Waals surface area contributed by atoms with E-state index in [1.165, 1.54) is 0 Å². The normalized spacial score (nSPS) is 40.5. The Morgan fingerprint density at radius 2 is 1.21 bits per heavy atom. The van der Waals surface area contributed by atoms with Crippen molar-refractivity contribution in [2.24, 2.45) is 5.92 Å². The lowest BCUT2D eigenvalue weighted by Gasteiger charge is -2.48. The molecule has 14 nitrogen and oxygen atoms in total. The minimum atomic E-state index is -1.77. The number of aliphatic carboxylic acids is 1.